The predicted octanol–water partition coefficient (Wildman–Crippen LogP) is -0.484. The van der Waals surface area contributed by atoms with E-state index >= 15 is 0 Å². The Kier molecular flexibility index (Phi) is 6.67. The minimum atomic E-state index is -4.73. The van der Waals surface area contributed by atoms with E-state index in [4.69, 9.17) is 5.73 Å². The van der Waals surface area contributed by atoms with Crippen molar-refractivity contribution in [2.24, 2.45) is 0 Å². The zero-order valence-corrected chi connectivity index (χ0v) is 12.5. The number of hydrogen-bond acceptors (Lipinski definition) is 4. The van der Waals surface area contributed by atoms with Gasteiger partial charge in [-0.05, 0) is 12.6 Å². The Morgan fingerprint density at radius 3 is 2.43 bits per heavy atom. The number of halogens is 3. The fourth-order valence-corrected chi connectivity index (χ4v) is 2.56. The van der Waals surface area contributed by atoms with Crippen molar-refractivity contribution in [3.8, 4) is 0 Å². The first-order valence-electron chi connectivity index (χ1n) is 3.45. The maximum atomic E-state index is 11.9. The number of rotatable bonds is 3. The van der Waals surface area contributed by atoms with Gasteiger partial charge in [-0.15, -0.1) is 11.8 Å². The van der Waals surface area contributed by atoms with Crippen LogP contribution in [0.4, 0.5) is 18.1 Å². The van der Waals surface area contributed by atoms with E-state index in [9.17, 15) is 12.9 Å². The second kappa shape index (κ2) is 6.12. The molecule has 0 saturated heterocycles. The topological polar surface area (TPSA) is 38.9 Å². The van der Waals surface area contributed by atoms with Crippen LogP contribution in [0.25, 0.3) is 0 Å². The van der Waals surface area contributed by atoms with Gasteiger partial charge in [0.05, 0.1) is 9.90 Å². The van der Waals surface area contributed by atoms with Gasteiger partial charge in [0.2, 0.25) is 0 Å². The van der Waals surface area contributed by atoms with E-state index in [-0.39, 0.29) is 51.4 Å². The van der Waals surface area contributed by atoms with Crippen LogP contribution < -0.4 is 57.1 Å². The summed E-state index contributed by atoms with van der Waals surface area (Å²) in [6.07, 6.45) is 0. The maximum absolute atomic E-state index is 11.9. The molecule has 0 unspecified atom stereocenters. The Labute approximate surface area is 131 Å². The van der Waals surface area contributed by atoms with Gasteiger partial charge in [0.1, 0.15) is 0 Å². The number of nitrogens with two attached hydrogens (primary N) is 1. The van der Waals surface area contributed by atoms with Crippen molar-refractivity contribution in [1.82, 2.24) is 4.98 Å². The fraction of sp³-hybridized carbons (Fsp3) is 0.400. The van der Waals surface area contributed by atoms with E-state index in [2.05, 4.69) is 4.98 Å². The van der Waals surface area contributed by atoms with Crippen LogP contribution in [0.1, 0.15) is 5.69 Å². The average molecular weight is 266 g/mol. The molecule has 1 aromatic rings. The Hall–Kier alpha value is 1.27. The van der Waals surface area contributed by atoms with E-state index in [1.807, 2.05) is 0 Å². The summed E-state index contributed by atoms with van der Waals surface area (Å²) in [7, 11) is 0. The van der Waals surface area contributed by atoms with Crippen LogP contribution in [0.5, 0.6) is 0 Å². The van der Waals surface area contributed by atoms with Gasteiger partial charge in [0.25, 0.3) is 0 Å². The Bertz CT molecular complexity index is 304. The van der Waals surface area contributed by atoms with Gasteiger partial charge in [-0.3, -0.25) is 0 Å². The molecule has 14 heavy (non-hydrogen) atoms. The van der Waals surface area contributed by atoms with E-state index in [0.717, 1.165) is 23.1 Å². The molecule has 0 spiro atoms. The van der Waals surface area contributed by atoms with Gasteiger partial charge in [0, 0.05) is 0 Å². The Balaban J connectivity index is 0.00000169. The SMILES string of the molecule is Cc1nc(N)sc1SC[B-](F)(F)F.[K+]. The monoisotopic (exact) mass is 266 g/mol. The van der Waals surface area contributed by atoms with E-state index in [0.29, 0.717) is 15.0 Å². The van der Waals surface area contributed by atoms with Gasteiger partial charge >= 0.3 is 58.4 Å². The van der Waals surface area contributed by atoms with E-state index < -0.39 is 12.6 Å². The molecule has 0 aliphatic heterocycles. The molecular weight excluding hydrogens is 259 g/mol. The number of nitrogen functional groups attached to an aromatic ring is 1. The molecule has 0 amide bonds. The normalized spacial score (nSPS) is 11.1. The fourth-order valence-electron chi connectivity index (χ4n) is 0.707. The standard InChI is InChI=1S/C5H7BF3N2S2.K/c1-3-4(13-5(10)11-3)12-2-6(7,8)9;/h2H2,1H3,(H2,10,11);/q-1;+1. The number of nitrogens with zero attached hydrogens (tertiary/aromatic N) is 1. The molecule has 9 heteroatoms. The van der Waals surface area contributed by atoms with Crippen LogP contribution in [-0.2, 0) is 0 Å². The van der Waals surface area contributed by atoms with Crippen molar-refractivity contribution < 1.29 is 64.3 Å². The van der Waals surface area contributed by atoms with E-state index in [1.165, 1.54) is 0 Å². The molecule has 1 rings (SSSR count). The first-order chi connectivity index (χ1) is 5.88. The van der Waals surface area contributed by atoms with Crippen molar-refractivity contribution in [2.45, 2.75) is 11.1 Å². The molecule has 1 heterocycles. The summed E-state index contributed by atoms with van der Waals surface area (Å²) in [6.45, 7) is -3.08. The van der Waals surface area contributed by atoms with Crippen LogP contribution in [0.15, 0.2) is 4.21 Å². The number of hydrogen-bond donors (Lipinski definition) is 1. The molecule has 1 aromatic heterocycles. The third-order valence-electron chi connectivity index (χ3n) is 1.17. The number of aromatic nitrogens is 1. The van der Waals surface area contributed by atoms with Crippen LogP contribution in [0.2, 0.25) is 0 Å². The third kappa shape index (κ3) is 5.38. The van der Waals surface area contributed by atoms with Crippen molar-refractivity contribution in [2.75, 3.05) is 11.4 Å². The van der Waals surface area contributed by atoms with Crippen LogP contribution >= 0.6 is 23.1 Å². The van der Waals surface area contributed by atoms with Gasteiger partial charge in [-0.2, -0.15) is 0 Å². The number of anilines is 1. The summed E-state index contributed by atoms with van der Waals surface area (Å²) in [6, 6.07) is 0. The molecule has 0 radical (unpaired) electrons. The zero-order chi connectivity index (χ0) is 10.1. The second-order valence-electron chi connectivity index (χ2n) is 2.45. The number of aryl methyl sites for hydroxylation is 1. The molecule has 2 N–H and O–H groups in total. The van der Waals surface area contributed by atoms with Crippen molar-refractivity contribution in [3.63, 3.8) is 0 Å². The summed E-state index contributed by atoms with van der Waals surface area (Å²) in [5, 5.41) is 0.315. The molecule has 2 nitrogen and oxygen atoms in total. The van der Waals surface area contributed by atoms with Crippen LogP contribution in [0, 0.1) is 6.92 Å². The smallest absolute Gasteiger partial charge is 0.448 e. The van der Waals surface area contributed by atoms with Crippen molar-refractivity contribution in [3.05, 3.63) is 5.69 Å². The van der Waals surface area contributed by atoms with Gasteiger partial charge in [-0.25, -0.2) is 4.98 Å². The summed E-state index contributed by atoms with van der Waals surface area (Å²) >= 11 is 1.85. The van der Waals surface area contributed by atoms with Crippen LogP contribution in [-0.4, -0.2) is 17.6 Å². The summed E-state index contributed by atoms with van der Waals surface area (Å²) in [5.41, 5.74) is 5.08. The molecule has 0 aliphatic rings. The quantitative estimate of drug-likeness (QED) is 0.593. The van der Waals surface area contributed by atoms with Gasteiger partial charge < -0.3 is 18.7 Å². The summed E-state index contributed by atoms with van der Waals surface area (Å²) < 4.78 is 36.2. The number of thiazole rings is 1. The van der Waals surface area contributed by atoms with Crippen molar-refractivity contribution >= 4 is 35.2 Å². The molecule has 0 saturated carbocycles. The summed E-state index contributed by atoms with van der Waals surface area (Å²) in [4.78, 5) is 3.83. The molecule has 0 bridgehead atoms. The summed E-state index contributed by atoms with van der Waals surface area (Å²) in [5.74, 6) is 0. The van der Waals surface area contributed by atoms with Gasteiger partial charge in [-0.1, -0.05) is 11.3 Å². The van der Waals surface area contributed by atoms with E-state index in [1.54, 1.807) is 6.92 Å². The third-order valence-corrected chi connectivity index (χ3v) is 3.66. The predicted molar refractivity (Wildman–Crippen MR) is 51.1 cm³/mol. The minimum Gasteiger partial charge on any atom is -0.448 e. The first kappa shape index (κ1) is 15.3. The minimum absolute atomic E-state index is 0. The molecule has 0 atom stereocenters. The van der Waals surface area contributed by atoms with Crippen LogP contribution in [0.3, 0.4) is 0 Å². The molecule has 0 fully saturated rings. The maximum Gasteiger partial charge on any atom is 1.00 e. The molecule has 0 aromatic carbocycles. The van der Waals surface area contributed by atoms with Gasteiger partial charge in [0.15, 0.2) is 5.13 Å². The zero-order valence-electron chi connectivity index (χ0n) is 7.76. The molecule has 74 valence electrons. The molecular formula is C5H7BF3KN2S2. The number of thioether (sulfide) groups is 1. The molecule has 0 aliphatic carbocycles. The Morgan fingerprint density at radius 2 is 2.07 bits per heavy atom. The average Bonchev–Trinajstić information content (AvgIpc) is 2.24. The van der Waals surface area contributed by atoms with Crippen molar-refractivity contribution in [1.29, 1.82) is 0 Å². The Morgan fingerprint density at radius 1 is 1.50 bits per heavy atom. The largest absolute Gasteiger partial charge is 1.00 e. The second-order valence-corrected chi connectivity index (χ2v) is 4.77. The first-order valence-corrected chi connectivity index (χ1v) is 5.25.